The molecule has 4 nitrogen and oxygen atoms in total. The summed E-state index contributed by atoms with van der Waals surface area (Å²) in [4.78, 5) is 5.46. The van der Waals surface area contributed by atoms with Crippen LogP contribution < -0.4 is 5.32 Å². The largest absolute Gasteiger partial charge is 0.338 e. The SMILES string of the molecule is CNC(C)Cc1noc(C(C)Sc2ccccc2Cl)n1. The lowest BCUT2D eigenvalue weighted by Crippen LogP contribution is -2.24. The van der Waals surface area contributed by atoms with Gasteiger partial charge in [0.2, 0.25) is 5.89 Å². The number of aromatic nitrogens is 2. The Bertz CT molecular complexity index is 561. The lowest BCUT2D eigenvalue weighted by Gasteiger charge is -2.07. The van der Waals surface area contributed by atoms with Crippen LogP contribution in [0.25, 0.3) is 0 Å². The minimum Gasteiger partial charge on any atom is -0.338 e. The van der Waals surface area contributed by atoms with Crippen molar-refractivity contribution in [3.05, 3.63) is 41.0 Å². The highest BCUT2D eigenvalue weighted by molar-refractivity contribution is 7.99. The Kier molecular flexibility index (Phi) is 5.46. The van der Waals surface area contributed by atoms with E-state index in [1.807, 2.05) is 38.2 Å². The molecule has 20 heavy (non-hydrogen) atoms. The van der Waals surface area contributed by atoms with Crippen LogP contribution in [0.5, 0.6) is 0 Å². The Morgan fingerprint density at radius 1 is 1.35 bits per heavy atom. The molecular formula is C14H18ClN3OS. The van der Waals surface area contributed by atoms with E-state index in [1.165, 1.54) is 0 Å². The van der Waals surface area contributed by atoms with E-state index in [0.29, 0.717) is 11.9 Å². The van der Waals surface area contributed by atoms with Crippen LogP contribution in [-0.2, 0) is 6.42 Å². The van der Waals surface area contributed by atoms with Crippen molar-refractivity contribution >= 4 is 23.4 Å². The Balaban J connectivity index is 2.03. The minimum atomic E-state index is 0.0704. The van der Waals surface area contributed by atoms with Crippen molar-refractivity contribution in [1.82, 2.24) is 15.5 Å². The van der Waals surface area contributed by atoms with E-state index in [0.717, 1.165) is 22.2 Å². The van der Waals surface area contributed by atoms with Crippen LogP contribution in [0.1, 0.15) is 30.8 Å². The van der Waals surface area contributed by atoms with Crippen LogP contribution >= 0.6 is 23.4 Å². The maximum atomic E-state index is 6.15. The van der Waals surface area contributed by atoms with Crippen molar-refractivity contribution in [3.8, 4) is 0 Å². The summed E-state index contributed by atoms with van der Waals surface area (Å²) < 4.78 is 5.33. The normalized spacial score (nSPS) is 14.2. The number of thioether (sulfide) groups is 1. The van der Waals surface area contributed by atoms with Crippen LogP contribution in [0, 0.1) is 0 Å². The highest BCUT2D eigenvalue weighted by Crippen LogP contribution is 2.37. The Hall–Kier alpha value is -1.04. The summed E-state index contributed by atoms with van der Waals surface area (Å²) in [5.74, 6) is 1.36. The second-order valence-electron chi connectivity index (χ2n) is 4.63. The van der Waals surface area contributed by atoms with Crippen molar-refractivity contribution < 1.29 is 4.52 Å². The predicted octanol–water partition coefficient (Wildman–Crippen LogP) is 3.73. The zero-order valence-electron chi connectivity index (χ0n) is 11.8. The molecule has 0 amide bonds. The standard InChI is InChI=1S/C14H18ClN3OS/c1-9(16-3)8-13-17-14(19-18-13)10(2)20-12-7-5-4-6-11(12)15/h4-7,9-10,16H,8H2,1-3H3. The van der Waals surface area contributed by atoms with E-state index in [-0.39, 0.29) is 5.25 Å². The van der Waals surface area contributed by atoms with Gasteiger partial charge in [0.05, 0.1) is 10.3 Å². The molecule has 0 aliphatic rings. The summed E-state index contributed by atoms with van der Waals surface area (Å²) in [5.41, 5.74) is 0. The Morgan fingerprint density at radius 3 is 2.80 bits per heavy atom. The van der Waals surface area contributed by atoms with Gasteiger partial charge in [0, 0.05) is 17.4 Å². The molecule has 6 heteroatoms. The van der Waals surface area contributed by atoms with Crippen LogP contribution in [0.3, 0.4) is 0 Å². The van der Waals surface area contributed by atoms with Gasteiger partial charge in [-0.2, -0.15) is 4.98 Å². The highest BCUT2D eigenvalue weighted by atomic mass is 35.5. The average Bonchev–Trinajstić information content (AvgIpc) is 2.89. The van der Waals surface area contributed by atoms with Gasteiger partial charge in [0.1, 0.15) is 0 Å². The molecule has 1 aromatic carbocycles. The lowest BCUT2D eigenvalue weighted by molar-refractivity contribution is 0.373. The van der Waals surface area contributed by atoms with E-state index in [4.69, 9.17) is 16.1 Å². The van der Waals surface area contributed by atoms with Gasteiger partial charge in [0.25, 0.3) is 0 Å². The molecule has 0 saturated carbocycles. The molecule has 1 aromatic heterocycles. The fourth-order valence-electron chi connectivity index (χ4n) is 1.67. The number of nitrogens with one attached hydrogen (secondary N) is 1. The van der Waals surface area contributed by atoms with Gasteiger partial charge in [-0.05, 0) is 33.0 Å². The van der Waals surface area contributed by atoms with Crippen LogP contribution in [0.4, 0.5) is 0 Å². The molecule has 0 saturated heterocycles. The first-order valence-electron chi connectivity index (χ1n) is 6.51. The van der Waals surface area contributed by atoms with E-state index >= 15 is 0 Å². The van der Waals surface area contributed by atoms with Crippen molar-refractivity contribution in [2.24, 2.45) is 0 Å². The van der Waals surface area contributed by atoms with Gasteiger partial charge in [-0.3, -0.25) is 0 Å². The van der Waals surface area contributed by atoms with Crippen LogP contribution in [-0.4, -0.2) is 23.2 Å². The third-order valence-corrected chi connectivity index (χ3v) is 4.56. The van der Waals surface area contributed by atoms with Gasteiger partial charge >= 0.3 is 0 Å². The Labute approximate surface area is 128 Å². The number of halogens is 1. The molecule has 1 heterocycles. The molecular weight excluding hydrogens is 294 g/mol. The fourth-order valence-corrected chi connectivity index (χ4v) is 2.86. The maximum Gasteiger partial charge on any atom is 0.239 e. The molecule has 0 fully saturated rings. The molecule has 2 atom stereocenters. The van der Waals surface area contributed by atoms with E-state index < -0.39 is 0 Å². The summed E-state index contributed by atoms with van der Waals surface area (Å²) in [7, 11) is 1.92. The van der Waals surface area contributed by atoms with Gasteiger partial charge in [-0.15, -0.1) is 11.8 Å². The highest BCUT2D eigenvalue weighted by Gasteiger charge is 2.17. The smallest absolute Gasteiger partial charge is 0.239 e. The summed E-state index contributed by atoms with van der Waals surface area (Å²) in [6.07, 6.45) is 0.753. The van der Waals surface area contributed by atoms with Crippen molar-refractivity contribution in [2.45, 2.75) is 36.5 Å². The maximum absolute atomic E-state index is 6.15. The first-order chi connectivity index (χ1) is 9.60. The van der Waals surface area contributed by atoms with Crippen molar-refractivity contribution in [1.29, 1.82) is 0 Å². The average molecular weight is 312 g/mol. The zero-order valence-corrected chi connectivity index (χ0v) is 13.3. The van der Waals surface area contributed by atoms with E-state index in [2.05, 4.69) is 22.4 Å². The molecule has 0 spiro atoms. The summed E-state index contributed by atoms with van der Waals surface area (Å²) >= 11 is 7.77. The molecule has 0 radical (unpaired) electrons. The molecule has 2 aromatic rings. The number of nitrogens with zero attached hydrogens (tertiary/aromatic N) is 2. The summed E-state index contributed by atoms with van der Waals surface area (Å²) in [5, 5.41) is 7.99. The molecule has 0 aliphatic carbocycles. The van der Waals surface area contributed by atoms with Gasteiger partial charge in [-0.1, -0.05) is 28.9 Å². The first-order valence-corrected chi connectivity index (χ1v) is 7.77. The fraction of sp³-hybridized carbons (Fsp3) is 0.429. The van der Waals surface area contributed by atoms with E-state index in [9.17, 15) is 0 Å². The third-order valence-electron chi connectivity index (χ3n) is 2.95. The molecule has 0 bridgehead atoms. The van der Waals surface area contributed by atoms with Crippen molar-refractivity contribution in [3.63, 3.8) is 0 Å². The minimum absolute atomic E-state index is 0.0704. The predicted molar refractivity (Wildman–Crippen MR) is 82.2 cm³/mol. The number of benzene rings is 1. The van der Waals surface area contributed by atoms with Crippen molar-refractivity contribution in [2.75, 3.05) is 7.05 Å². The zero-order chi connectivity index (χ0) is 14.5. The number of hydrogen-bond donors (Lipinski definition) is 1. The summed E-state index contributed by atoms with van der Waals surface area (Å²) in [6.45, 7) is 4.12. The third kappa shape index (κ3) is 3.98. The van der Waals surface area contributed by atoms with Crippen LogP contribution in [0.2, 0.25) is 5.02 Å². The second-order valence-corrected chi connectivity index (χ2v) is 6.42. The monoisotopic (exact) mass is 311 g/mol. The quantitative estimate of drug-likeness (QED) is 0.824. The molecule has 108 valence electrons. The summed E-state index contributed by atoms with van der Waals surface area (Å²) in [6, 6.07) is 8.08. The Morgan fingerprint density at radius 2 is 2.10 bits per heavy atom. The number of hydrogen-bond acceptors (Lipinski definition) is 5. The van der Waals surface area contributed by atoms with Gasteiger partial charge in [-0.25, -0.2) is 0 Å². The molecule has 1 N–H and O–H groups in total. The van der Waals surface area contributed by atoms with Gasteiger partial charge < -0.3 is 9.84 Å². The second kappa shape index (κ2) is 7.11. The number of likely N-dealkylation sites (N-methyl/N-ethyl adjacent to an activating group) is 1. The van der Waals surface area contributed by atoms with Gasteiger partial charge in [0.15, 0.2) is 5.82 Å². The molecule has 2 unspecified atom stereocenters. The van der Waals surface area contributed by atoms with E-state index in [1.54, 1.807) is 11.8 Å². The first kappa shape index (κ1) is 15.4. The number of rotatable bonds is 6. The topological polar surface area (TPSA) is 51.0 Å². The lowest BCUT2D eigenvalue weighted by atomic mass is 10.2. The molecule has 0 aliphatic heterocycles. The molecule has 2 rings (SSSR count). The van der Waals surface area contributed by atoms with Crippen LogP contribution in [0.15, 0.2) is 33.7 Å².